The topological polar surface area (TPSA) is 162 Å². The van der Waals surface area contributed by atoms with Crippen LogP contribution in [0, 0.1) is 0 Å². The number of H-pyrrole nitrogens is 1. The summed E-state index contributed by atoms with van der Waals surface area (Å²) in [5.41, 5.74) is 1.33. The summed E-state index contributed by atoms with van der Waals surface area (Å²) in [6, 6.07) is 7.30. The molecule has 14 heteroatoms. The molecule has 6 rings (SSSR count). The maximum absolute atomic E-state index is 13.1. The van der Waals surface area contributed by atoms with Gasteiger partial charge in [0.2, 0.25) is 5.78 Å². The Morgan fingerprint density at radius 3 is 2.85 bits per heavy atom. The first-order valence-corrected chi connectivity index (χ1v) is 11.5. The van der Waals surface area contributed by atoms with Crippen LogP contribution >= 0.6 is 7.82 Å². The molecule has 3 aromatic heterocycles. The van der Waals surface area contributed by atoms with E-state index in [-0.39, 0.29) is 23.5 Å². The fraction of sp³-hybridized carbons (Fsp3) is 0.316. The highest BCUT2D eigenvalue weighted by Gasteiger charge is 2.52. The van der Waals surface area contributed by atoms with Crippen LogP contribution < -0.4 is 10.3 Å². The third-order valence-corrected chi connectivity index (χ3v) is 6.76. The molecule has 5 atom stereocenters. The molecule has 1 aromatic carbocycles. The van der Waals surface area contributed by atoms with E-state index in [1.165, 1.54) is 15.3 Å². The highest BCUT2D eigenvalue weighted by molar-refractivity contribution is 7.47. The monoisotopic (exact) mass is 475 g/mol. The summed E-state index contributed by atoms with van der Waals surface area (Å²) in [6.45, 7) is -0.221. The molecular weight excluding hydrogens is 457 g/mol. The molecule has 172 valence electrons. The highest BCUT2D eigenvalue weighted by Crippen LogP contribution is 2.52. The van der Waals surface area contributed by atoms with Crippen molar-refractivity contribution in [2.45, 2.75) is 24.5 Å². The van der Waals surface area contributed by atoms with Gasteiger partial charge in [0.05, 0.1) is 25.7 Å². The Balaban J connectivity index is 1.41. The van der Waals surface area contributed by atoms with Gasteiger partial charge in [-0.15, -0.1) is 0 Å². The van der Waals surface area contributed by atoms with Gasteiger partial charge in [-0.25, -0.2) is 13.9 Å². The summed E-state index contributed by atoms with van der Waals surface area (Å²) < 4.78 is 35.2. The number of phosphoric ester groups is 1. The number of methoxy groups -OCH3 is 1. The number of aliphatic hydroxyl groups excluding tert-OH is 1. The highest BCUT2D eigenvalue weighted by atomic mass is 31.2. The lowest BCUT2D eigenvalue weighted by Crippen LogP contribution is -2.39. The van der Waals surface area contributed by atoms with Crippen LogP contribution in [0.5, 0.6) is 5.75 Å². The molecule has 0 amide bonds. The summed E-state index contributed by atoms with van der Waals surface area (Å²) in [6.07, 6.45) is -1.24. The number of imidazole rings is 2. The molecule has 5 heterocycles. The van der Waals surface area contributed by atoms with Crippen LogP contribution in [0.25, 0.3) is 28.2 Å². The minimum atomic E-state index is -4.26. The van der Waals surface area contributed by atoms with Gasteiger partial charge in [-0.05, 0) is 29.8 Å². The number of rotatable bonds is 3. The minimum Gasteiger partial charge on any atom is -0.497 e. The maximum atomic E-state index is 13.1. The Morgan fingerprint density at radius 1 is 1.30 bits per heavy atom. The van der Waals surface area contributed by atoms with Crippen LogP contribution in [0.3, 0.4) is 0 Å². The van der Waals surface area contributed by atoms with E-state index in [0.717, 1.165) is 5.56 Å². The summed E-state index contributed by atoms with van der Waals surface area (Å²) in [7, 11) is -2.68. The summed E-state index contributed by atoms with van der Waals surface area (Å²) in [5.74, 6) is 0.973. The van der Waals surface area contributed by atoms with Crippen LogP contribution in [0.1, 0.15) is 6.23 Å². The summed E-state index contributed by atoms with van der Waals surface area (Å²) in [5, 5.41) is 10.7. The Labute approximate surface area is 184 Å². The third kappa shape index (κ3) is 3.21. The molecule has 2 fully saturated rings. The van der Waals surface area contributed by atoms with Gasteiger partial charge in [-0.3, -0.25) is 18.4 Å². The number of benzene rings is 1. The van der Waals surface area contributed by atoms with Crippen molar-refractivity contribution in [3.8, 4) is 17.0 Å². The lowest BCUT2D eigenvalue weighted by molar-refractivity contribution is -0.0664. The second-order valence-electron chi connectivity index (χ2n) is 7.72. The van der Waals surface area contributed by atoms with Crippen molar-refractivity contribution in [3.05, 3.63) is 47.1 Å². The van der Waals surface area contributed by atoms with Gasteiger partial charge < -0.3 is 24.5 Å². The number of fused-ring (bicyclic) bond motifs is 3. The van der Waals surface area contributed by atoms with E-state index in [1.807, 2.05) is 12.1 Å². The fourth-order valence-electron chi connectivity index (χ4n) is 4.14. The Morgan fingerprint density at radius 2 is 2.09 bits per heavy atom. The number of nitrogens with zero attached hydrogens (tertiary/aromatic N) is 4. The van der Waals surface area contributed by atoms with E-state index < -0.39 is 37.9 Å². The zero-order valence-electron chi connectivity index (χ0n) is 17.1. The molecule has 0 bridgehead atoms. The lowest BCUT2D eigenvalue weighted by atomic mass is 10.1. The molecule has 1 unspecified atom stereocenters. The van der Waals surface area contributed by atoms with Gasteiger partial charge in [0.1, 0.15) is 24.1 Å². The molecule has 4 aromatic rings. The molecule has 0 aliphatic carbocycles. The molecule has 0 radical (unpaired) electrons. The van der Waals surface area contributed by atoms with E-state index in [4.69, 9.17) is 18.5 Å². The molecular formula is C19H18N5O8P. The number of aliphatic hydroxyl groups is 1. The quantitative estimate of drug-likeness (QED) is 0.362. The SMILES string of the molecule is COc1ccc(-c2cn3c(=O)c4ncn([C@@H]5O[C@@H]6COP(=O)(O)O[C@H]6[C@H]5O)c4nc3[nH]2)cc1. The molecule has 33 heavy (non-hydrogen) atoms. The van der Waals surface area contributed by atoms with Crippen molar-refractivity contribution in [1.29, 1.82) is 0 Å². The van der Waals surface area contributed by atoms with Crippen molar-refractivity contribution in [3.63, 3.8) is 0 Å². The first kappa shape index (κ1) is 20.5. The van der Waals surface area contributed by atoms with Gasteiger partial charge in [-0.1, -0.05) is 0 Å². The summed E-state index contributed by atoms with van der Waals surface area (Å²) in [4.78, 5) is 34.4. The number of phosphoric acid groups is 1. The van der Waals surface area contributed by atoms with Gasteiger partial charge in [0.25, 0.3) is 5.56 Å². The van der Waals surface area contributed by atoms with Crippen molar-refractivity contribution in [2.75, 3.05) is 13.7 Å². The number of hydrogen-bond acceptors (Lipinski definition) is 9. The largest absolute Gasteiger partial charge is 0.497 e. The lowest BCUT2D eigenvalue weighted by Gasteiger charge is -2.27. The van der Waals surface area contributed by atoms with Crippen LogP contribution in [-0.4, -0.2) is 65.9 Å². The van der Waals surface area contributed by atoms with Gasteiger partial charge in [0.15, 0.2) is 17.4 Å². The number of ether oxygens (including phenoxy) is 2. The van der Waals surface area contributed by atoms with E-state index >= 15 is 0 Å². The van der Waals surface area contributed by atoms with Gasteiger partial charge in [0, 0.05) is 6.20 Å². The fourth-order valence-corrected chi connectivity index (χ4v) is 5.10. The van der Waals surface area contributed by atoms with Crippen LogP contribution in [0.2, 0.25) is 0 Å². The van der Waals surface area contributed by atoms with Gasteiger partial charge in [-0.2, -0.15) is 4.98 Å². The van der Waals surface area contributed by atoms with E-state index in [1.54, 1.807) is 25.4 Å². The first-order chi connectivity index (χ1) is 15.8. The predicted octanol–water partition coefficient (Wildman–Crippen LogP) is 0.822. The van der Waals surface area contributed by atoms with E-state index in [9.17, 15) is 19.4 Å². The standard InChI is InChI=1S/C19H18N5O8P/c1-29-10-4-2-9(3-5-10)11-6-23-17(26)13-16(22-19(23)21-11)24(8-20-13)18-14(25)15-12(31-18)7-30-33(27,28)32-15/h2-6,8,12,14-15,18,25H,7H2,1H3,(H,21,22)(H,27,28)/t12-,14-,15-,18-/m1/s1. The van der Waals surface area contributed by atoms with Crippen LogP contribution in [0.15, 0.2) is 41.6 Å². The normalized spacial score (nSPS) is 29.5. The first-order valence-electron chi connectivity index (χ1n) is 9.96. The van der Waals surface area contributed by atoms with Crippen LogP contribution in [0.4, 0.5) is 0 Å². The molecule has 2 aliphatic rings. The molecule has 0 spiro atoms. The molecule has 13 nitrogen and oxygen atoms in total. The molecule has 2 saturated heterocycles. The molecule has 0 saturated carbocycles. The predicted molar refractivity (Wildman–Crippen MR) is 112 cm³/mol. The van der Waals surface area contributed by atoms with E-state index in [0.29, 0.717) is 11.4 Å². The van der Waals surface area contributed by atoms with Crippen molar-refractivity contribution in [1.82, 2.24) is 23.9 Å². The van der Waals surface area contributed by atoms with Crippen molar-refractivity contribution >= 4 is 24.8 Å². The smallest absolute Gasteiger partial charge is 0.472 e. The second-order valence-corrected chi connectivity index (χ2v) is 9.13. The third-order valence-electron chi connectivity index (χ3n) is 5.78. The molecule has 2 aliphatic heterocycles. The van der Waals surface area contributed by atoms with Gasteiger partial charge >= 0.3 is 7.82 Å². The van der Waals surface area contributed by atoms with Crippen molar-refractivity contribution < 1.29 is 33.1 Å². The number of aromatic amines is 1. The molecule has 3 N–H and O–H groups in total. The summed E-state index contributed by atoms with van der Waals surface area (Å²) >= 11 is 0. The van der Waals surface area contributed by atoms with Crippen LogP contribution in [-0.2, 0) is 18.3 Å². The number of nitrogens with one attached hydrogen (secondary N) is 1. The Bertz CT molecular complexity index is 1480. The van der Waals surface area contributed by atoms with Crippen molar-refractivity contribution in [2.24, 2.45) is 0 Å². The zero-order chi connectivity index (χ0) is 22.9. The number of aromatic nitrogens is 5. The Hall–Kier alpha value is -3.06. The minimum absolute atomic E-state index is 0.0726. The zero-order valence-corrected chi connectivity index (χ0v) is 18.0. The maximum Gasteiger partial charge on any atom is 0.472 e. The number of hydrogen-bond donors (Lipinski definition) is 3. The average molecular weight is 475 g/mol. The second kappa shape index (κ2) is 7.22. The average Bonchev–Trinajstić information content (AvgIpc) is 3.50. The van der Waals surface area contributed by atoms with E-state index in [2.05, 4.69) is 15.0 Å². The Kier molecular flexibility index (Phi) is 4.49.